The molecule has 9 heteroatoms. The predicted molar refractivity (Wildman–Crippen MR) is 115 cm³/mol. The van der Waals surface area contributed by atoms with Crippen molar-refractivity contribution in [2.45, 2.75) is 33.1 Å². The summed E-state index contributed by atoms with van der Waals surface area (Å²) in [6, 6.07) is 8.63. The predicted octanol–water partition coefficient (Wildman–Crippen LogP) is 2.78. The fraction of sp³-hybridized carbons (Fsp3) is 0.364. The van der Waals surface area contributed by atoms with Crippen LogP contribution in [0.2, 0.25) is 0 Å². The van der Waals surface area contributed by atoms with Gasteiger partial charge in [0.1, 0.15) is 5.82 Å². The summed E-state index contributed by atoms with van der Waals surface area (Å²) in [6.07, 6.45) is 0.254. The number of nitrogens with zero attached hydrogens (tertiary/aromatic N) is 3. The van der Waals surface area contributed by atoms with Crippen LogP contribution < -0.4 is 20.3 Å². The van der Waals surface area contributed by atoms with Crippen LogP contribution in [-0.2, 0) is 4.79 Å². The standard InChI is InChI=1S/C22H25N5O4/c1-12(2)11-31-21-14(6-5-7-16(21)30-4)15-10-19(29)23-22-20(15)13(3)26-27(22)17-8-9-18(28)25-24-17/h5-9,12,15H,10-11H2,1-4H3,(H,23,29)(H,25,28). The Morgan fingerprint density at radius 1 is 1.23 bits per heavy atom. The summed E-state index contributed by atoms with van der Waals surface area (Å²) in [7, 11) is 1.60. The Bertz CT molecular complexity index is 1160. The second-order valence-electron chi connectivity index (χ2n) is 7.93. The van der Waals surface area contributed by atoms with Crippen molar-refractivity contribution in [3.8, 4) is 17.3 Å². The van der Waals surface area contributed by atoms with Gasteiger partial charge in [0.25, 0.3) is 5.56 Å². The number of benzene rings is 1. The third-order valence-electron chi connectivity index (χ3n) is 5.15. The summed E-state index contributed by atoms with van der Waals surface area (Å²) in [6.45, 7) is 6.57. The molecule has 1 aliphatic heterocycles. The average molecular weight is 423 g/mol. The number of hydrogen-bond acceptors (Lipinski definition) is 6. The normalized spacial score (nSPS) is 15.5. The number of fused-ring (bicyclic) bond motifs is 1. The fourth-order valence-corrected chi connectivity index (χ4v) is 3.81. The third-order valence-corrected chi connectivity index (χ3v) is 5.15. The first-order chi connectivity index (χ1) is 14.9. The van der Waals surface area contributed by atoms with E-state index in [0.29, 0.717) is 35.7 Å². The first-order valence-corrected chi connectivity index (χ1v) is 10.1. The van der Waals surface area contributed by atoms with Gasteiger partial charge in [0.05, 0.1) is 19.4 Å². The number of methoxy groups -OCH3 is 1. The zero-order valence-corrected chi connectivity index (χ0v) is 17.9. The minimum Gasteiger partial charge on any atom is -0.493 e. The van der Waals surface area contributed by atoms with Crippen LogP contribution >= 0.6 is 0 Å². The lowest BCUT2D eigenvalue weighted by Crippen LogP contribution is -2.25. The van der Waals surface area contributed by atoms with Crippen molar-refractivity contribution in [2.75, 3.05) is 19.0 Å². The Kier molecular flexibility index (Phi) is 5.50. The minimum atomic E-state index is -0.313. The molecule has 1 unspecified atom stereocenters. The lowest BCUT2D eigenvalue weighted by molar-refractivity contribution is -0.116. The molecule has 0 bridgehead atoms. The first-order valence-electron chi connectivity index (χ1n) is 10.1. The van der Waals surface area contributed by atoms with Gasteiger partial charge in [0, 0.05) is 29.5 Å². The Morgan fingerprint density at radius 3 is 2.71 bits per heavy atom. The van der Waals surface area contributed by atoms with E-state index in [1.807, 2.05) is 25.1 Å². The van der Waals surface area contributed by atoms with Crippen molar-refractivity contribution < 1.29 is 14.3 Å². The van der Waals surface area contributed by atoms with Crippen molar-refractivity contribution in [1.82, 2.24) is 20.0 Å². The molecular formula is C22H25N5O4. The van der Waals surface area contributed by atoms with E-state index >= 15 is 0 Å². The molecule has 9 nitrogen and oxygen atoms in total. The molecule has 0 radical (unpaired) electrons. The van der Waals surface area contributed by atoms with Gasteiger partial charge in [0.15, 0.2) is 17.3 Å². The van der Waals surface area contributed by atoms with Crippen LogP contribution in [0.4, 0.5) is 5.82 Å². The van der Waals surface area contributed by atoms with E-state index in [-0.39, 0.29) is 23.8 Å². The van der Waals surface area contributed by atoms with Crippen LogP contribution in [0.1, 0.15) is 43.0 Å². The summed E-state index contributed by atoms with van der Waals surface area (Å²) in [5.74, 6) is 2.14. The SMILES string of the molecule is COc1cccc(C2CC(=O)Nc3c2c(C)nn3-c2ccc(=O)[nH]n2)c1OCC(C)C. The van der Waals surface area contributed by atoms with E-state index in [2.05, 4.69) is 34.5 Å². The number of aryl methyl sites for hydroxylation is 1. The molecule has 162 valence electrons. The number of carbonyl (C=O) groups excluding carboxylic acids is 1. The molecule has 2 aromatic heterocycles. The third kappa shape index (κ3) is 3.90. The lowest BCUT2D eigenvalue weighted by Gasteiger charge is -2.27. The summed E-state index contributed by atoms with van der Waals surface area (Å²) >= 11 is 0. The molecule has 3 heterocycles. The van der Waals surface area contributed by atoms with E-state index < -0.39 is 0 Å². The highest BCUT2D eigenvalue weighted by Crippen LogP contribution is 2.45. The molecule has 1 aliphatic rings. The molecular weight excluding hydrogens is 398 g/mol. The van der Waals surface area contributed by atoms with Crippen LogP contribution in [0.3, 0.4) is 0 Å². The van der Waals surface area contributed by atoms with Crippen molar-refractivity contribution in [1.29, 1.82) is 0 Å². The summed E-state index contributed by atoms with van der Waals surface area (Å²) in [4.78, 5) is 24.1. The number of para-hydroxylation sites is 1. The number of carbonyl (C=O) groups is 1. The number of aromatic nitrogens is 4. The van der Waals surface area contributed by atoms with Gasteiger partial charge >= 0.3 is 0 Å². The maximum absolute atomic E-state index is 12.7. The molecule has 3 aromatic rings. The van der Waals surface area contributed by atoms with Gasteiger partial charge in [-0.3, -0.25) is 9.59 Å². The van der Waals surface area contributed by atoms with E-state index in [4.69, 9.17) is 9.47 Å². The first kappa shape index (κ1) is 20.6. The molecule has 0 saturated heterocycles. The number of amides is 1. The van der Waals surface area contributed by atoms with E-state index in [9.17, 15) is 9.59 Å². The Hall–Kier alpha value is -3.62. The molecule has 0 saturated carbocycles. The molecule has 0 spiro atoms. The number of aromatic amines is 1. The number of rotatable bonds is 6. The summed E-state index contributed by atoms with van der Waals surface area (Å²) in [5.41, 5.74) is 2.20. The lowest BCUT2D eigenvalue weighted by atomic mass is 9.85. The maximum atomic E-state index is 12.7. The molecule has 1 aromatic carbocycles. The Balaban J connectivity index is 1.85. The van der Waals surface area contributed by atoms with Crippen molar-refractivity contribution in [3.05, 3.63) is 57.5 Å². The molecule has 31 heavy (non-hydrogen) atoms. The zero-order valence-electron chi connectivity index (χ0n) is 17.9. The number of H-pyrrole nitrogens is 1. The van der Waals surface area contributed by atoms with Gasteiger partial charge in [-0.1, -0.05) is 26.0 Å². The van der Waals surface area contributed by atoms with E-state index in [0.717, 1.165) is 16.8 Å². The number of nitrogens with one attached hydrogen (secondary N) is 2. The van der Waals surface area contributed by atoms with Gasteiger partial charge in [-0.2, -0.15) is 14.9 Å². The van der Waals surface area contributed by atoms with E-state index in [1.54, 1.807) is 17.9 Å². The fourth-order valence-electron chi connectivity index (χ4n) is 3.81. The molecule has 4 rings (SSSR count). The highest BCUT2D eigenvalue weighted by atomic mass is 16.5. The smallest absolute Gasteiger partial charge is 0.264 e. The van der Waals surface area contributed by atoms with Crippen LogP contribution in [0.5, 0.6) is 11.5 Å². The van der Waals surface area contributed by atoms with Crippen LogP contribution in [0.15, 0.2) is 35.1 Å². The molecule has 0 aliphatic carbocycles. The maximum Gasteiger partial charge on any atom is 0.264 e. The quantitative estimate of drug-likeness (QED) is 0.631. The van der Waals surface area contributed by atoms with Gasteiger partial charge < -0.3 is 14.8 Å². The topological polar surface area (TPSA) is 111 Å². The largest absolute Gasteiger partial charge is 0.493 e. The van der Waals surface area contributed by atoms with Crippen molar-refractivity contribution >= 4 is 11.7 Å². The van der Waals surface area contributed by atoms with E-state index in [1.165, 1.54) is 6.07 Å². The Labute approximate surface area is 179 Å². The highest BCUT2D eigenvalue weighted by molar-refractivity contribution is 5.95. The highest BCUT2D eigenvalue weighted by Gasteiger charge is 2.35. The van der Waals surface area contributed by atoms with Gasteiger partial charge in [-0.05, 0) is 25.0 Å². The van der Waals surface area contributed by atoms with Crippen LogP contribution in [-0.4, -0.2) is 39.6 Å². The van der Waals surface area contributed by atoms with Gasteiger partial charge in [0.2, 0.25) is 5.91 Å². The molecule has 0 fully saturated rings. The number of hydrogen-bond donors (Lipinski definition) is 2. The average Bonchev–Trinajstić information content (AvgIpc) is 3.08. The van der Waals surface area contributed by atoms with Crippen LogP contribution in [0, 0.1) is 12.8 Å². The van der Waals surface area contributed by atoms with Crippen molar-refractivity contribution in [3.63, 3.8) is 0 Å². The summed E-state index contributed by atoms with van der Waals surface area (Å²) in [5, 5.41) is 14.0. The molecule has 1 atom stereocenters. The monoisotopic (exact) mass is 423 g/mol. The second-order valence-corrected chi connectivity index (χ2v) is 7.93. The van der Waals surface area contributed by atoms with Crippen molar-refractivity contribution in [2.24, 2.45) is 5.92 Å². The summed E-state index contributed by atoms with van der Waals surface area (Å²) < 4.78 is 13.2. The molecule has 1 amide bonds. The number of anilines is 1. The number of ether oxygens (including phenoxy) is 2. The second kappa shape index (κ2) is 8.25. The van der Waals surface area contributed by atoms with Gasteiger partial charge in [-0.25, -0.2) is 5.10 Å². The molecule has 2 N–H and O–H groups in total. The minimum absolute atomic E-state index is 0.138. The zero-order chi connectivity index (χ0) is 22.1. The Morgan fingerprint density at radius 2 is 2.03 bits per heavy atom. The van der Waals surface area contributed by atoms with Crippen LogP contribution in [0.25, 0.3) is 5.82 Å². The van der Waals surface area contributed by atoms with Gasteiger partial charge in [-0.15, -0.1) is 0 Å².